The minimum absolute atomic E-state index is 0.0654. The summed E-state index contributed by atoms with van der Waals surface area (Å²) in [6.07, 6.45) is 1.63. The highest BCUT2D eigenvalue weighted by Crippen LogP contribution is 2.32. The van der Waals surface area contributed by atoms with Crippen molar-refractivity contribution in [2.24, 2.45) is 0 Å². The summed E-state index contributed by atoms with van der Waals surface area (Å²) in [6, 6.07) is 2.99. The number of rotatable bonds is 3. The Morgan fingerprint density at radius 3 is 2.88 bits per heavy atom. The number of carboxylic acids is 1. The zero-order valence-electron chi connectivity index (χ0n) is 8.81. The zero-order valence-corrected chi connectivity index (χ0v) is 10.4. The number of carboxylic acid groups (broad SMARTS) is 1. The molecule has 0 bridgehead atoms. The fourth-order valence-electron chi connectivity index (χ4n) is 1.30. The van der Waals surface area contributed by atoms with Crippen molar-refractivity contribution in [3.8, 4) is 10.9 Å². The summed E-state index contributed by atoms with van der Waals surface area (Å²) < 4.78 is 5.49. The van der Waals surface area contributed by atoms with Gasteiger partial charge in [-0.05, 0) is 19.1 Å². The molecule has 0 aliphatic carbocycles. The van der Waals surface area contributed by atoms with E-state index in [2.05, 4.69) is 4.98 Å². The van der Waals surface area contributed by atoms with Crippen LogP contribution in [0.25, 0.3) is 0 Å². The smallest absolute Gasteiger partial charge is 0.337 e. The van der Waals surface area contributed by atoms with E-state index in [9.17, 15) is 4.79 Å². The topological polar surface area (TPSA) is 59.4 Å². The van der Waals surface area contributed by atoms with Crippen molar-refractivity contribution in [3.05, 3.63) is 39.9 Å². The predicted octanol–water partition coefficient (Wildman–Crippen LogP) is 3.60. The second-order valence-electron chi connectivity index (χ2n) is 3.26. The Morgan fingerprint density at radius 1 is 1.53 bits per heavy atom. The molecule has 0 radical (unpaired) electrons. The average Bonchev–Trinajstić information content (AvgIpc) is 2.77. The fourth-order valence-corrected chi connectivity index (χ4v) is 2.03. The van der Waals surface area contributed by atoms with Crippen molar-refractivity contribution in [2.75, 3.05) is 0 Å². The van der Waals surface area contributed by atoms with E-state index < -0.39 is 5.97 Å². The lowest BCUT2D eigenvalue weighted by Gasteiger charge is -2.09. The summed E-state index contributed by atoms with van der Waals surface area (Å²) in [4.78, 5) is 14.8. The molecule has 17 heavy (non-hydrogen) atoms. The maximum Gasteiger partial charge on any atom is 0.337 e. The summed E-state index contributed by atoms with van der Waals surface area (Å²) in [5, 5.41) is 11.4. The quantitative estimate of drug-likeness (QED) is 0.925. The number of nitrogens with zero attached hydrogens (tertiary/aromatic N) is 1. The van der Waals surface area contributed by atoms with Crippen LogP contribution in [-0.2, 0) is 0 Å². The number of benzene rings is 1. The molecule has 0 aliphatic heterocycles. The van der Waals surface area contributed by atoms with Crippen molar-refractivity contribution in [2.45, 2.75) is 6.92 Å². The number of thiazole rings is 1. The van der Waals surface area contributed by atoms with Crippen LogP contribution in [0.3, 0.4) is 0 Å². The van der Waals surface area contributed by atoms with Crippen LogP contribution in [0.2, 0.25) is 5.02 Å². The number of hydrogen-bond donors (Lipinski definition) is 1. The average molecular weight is 270 g/mol. The highest BCUT2D eigenvalue weighted by molar-refractivity contribution is 7.11. The Bertz CT molecular complexity index is 554. The van der Waals surface area contributed by atoms with Gasteiger partial charge < -0.3 is 9.84 Å². The van der Waals surface area contributed by atoms with Crippen LogP contribution >= 0.6 is 22.9 Å². The monoisotopic (exact) mass is 269 g/mol. The van der Waals surface area contributed by atoms with E-state index in [0.717, 1.165) is 0 Å². The lowest BCUT2D eigenvalue weighted by molar-refractivity contribution is 0.0697. The molecule has 0 unspecified atom stereocenters. The Kier molecular flexibility index (Phi) is 3.31. The van der Waals surface area contributed by atoms with Crippen molar-refractivity contribution >= 4 is 28.9 Å². The van der Waals surface area contributed by atoms with Crippen molar-refractivity contribution in [1.29, 1.82) is 0 Å². The first-order valence-electron chi connectivity index (χ1n) is 4.69. The second-order valence-corrected chi connectivity index (χ2v) is 4.49. The molecule has 0 atom stereocenters. The third-order valence-electron chi connectivity index (χ3n) is 2.17. The summed E-state index contributed by atoms with van der Waals surface area (Å²) in [5.41, 5.74) is 0.650. The lowest BCUT2D eigenvalue weighted by atomic mass is 10.1. The molecule has 1 aromatic carbocycles. The van der Waals surface area contributed by atoms with Crippen LogP contribution in [-0.4, -0.2) is 16.1 Å². The second kappa shape index (κ2) is 4.73. The Morgan fingerprint density at radius 2 is 2.29 bits per heavy atom. The number of hydrogen-bond acceptors (Lipinski definition) is 4. The molecule has 2 aromatic rings. The SMILES string of the molecule is Cc1c(Oc2nccs2)ccc(C(=O)O)c1Cl. The lowest BCUT2D eigenvalue weighted by Crippen LogP contribution is -1.99. The first kappa shape index (κ1) is 11.9. The molecule has 0 spiro atoms. The van der Waals surface area contributed by atoms with E-state index in [1.54, 1.807) is 24.6 Å². The third kappa shape index (κ3) is 2.40. The third-order valence-corrected chi connectivity index (χ3v) is 3.31. The predicted molar refractivity (Wildman–Crippen MR) is 65.3 cm³/mol. The van der Waals surface area contributed by atoms with E-state index >= 15 is 0 Å². The standard InChI is InChI=1S/C11H8ClNO3S/c1-6-8(16-11-13-4-5-17-11)3-2-7(9(6)12)10(14)15/h2-5H,1H3,(H,14,15). The van der Waals surface area contributed by atoms with Crippen LogP contribution in [0, 0.1) is 6.92 Å². The molecule has 2 rings (SSSR count). The van der Waals surface area contributed by atoms with Gasteiger partial charge in [-0.15, -0.1) is 0 Å². The van der Waals surface area contributed by atoms with Crippen LogP contribution in [0.1, 0.15) is 15.9 Å². The van der Waals surface area contributed by atoms with Crippen LogP contribution < -0.4 is 4.74 Å². The summed E-state index contributed by atoms with van der Waals surface area (Å²) in [5.74, 6) is -0.547. The molecule has 1 aromatic heterocycles. The van der Waals surface area contributed by atoms with Gasteiger partial charge in [0.05, 0.1) is 10.6 Å². The highest BCUT2D eigenvalue weighted by Gasteiger charge is 2.14. The summed E-state index contributed by atoms with van der Waals surface area (Å²) >= 11 is 7.31. The Labute approximate surface area is 106 Å². The highest BCUT2D eigenvalue weighted by atomic mass is 35.5. The molecule has 6 heteroatoms. The number of ether oxygens (including phenoxy) is 1. The molecule has 1 N–H and O–H groups in total. The Balaban J connectivity index is 2.37. The minimum atomic E-state index is -1.06. The summed E-state index contributed by atoms with van der Waals surface area (Å²) in [6.45, 7) is 1.71. The molecule has 4 nitrogen and oxygen atoms in total. The van der Waals surface area contributed by atoms with E-state index in [1.807, 2.05) is 0 Å². The summed E-state index contributed by atoms with van der Waals surface area (Å²) in [7, 11) is 0. The normalized spacial score (nSPS) is 10.2. The molecule has 0 fully saturated rings. The van der Waals surface area contributed by atoms with Gasteiger partial charge in [0.15, 0.2) is 0 Å². The first-order chi connectivity index (χ1) is 8.09. The van der Waals surface area contributed by atoms with Crippen molar-refractivity contribution in [3.63, 3.8) is 0 Å². The van der Waals surface area contributed by atoms with Crippen LogP contribution in [0.5, 0.6) is 10.9 Å². The maximum atomic E-state index is 10.9. The van der Waals surface area contributed by atoms with E-state index in [-0.39, 0.29) is 10.6 Å². The number of aromatic carboxylic acids is 1. The number of aromatic nitrogens is 1. The molecule has 1 heterocycles. The molecule has 0 saturated carbocycles. The van der Waals surface area contributed by atoms with Gasteiger partial charge >= 0.3 is 5.97 Å². The van der Waals surface area contributed by atoms with E-state index in [1.165, 1.54) is 17.4 Å². The molecular formula is C11H8ClNO3S. The van der Waals surface area contributed by atoms with Gasteiger partial charge in [-0.2, -0.15) is 0 Å². The van der Waals surface area contributed by atoms with Gasteiger partial charge in [-0.3, -0.25) is 0 Å². The van der Waals surface area contributed by atoms with Gasteiger partial charge in [0.1, 0.15) is 5.75 Å². The largest absolute Gasteiger partial charge is 0.478 e. The first-order valence-corrected chi connectivity index (χ1v) is 5.95. The van der Waals surface area contributed by atoms with Gasteiger partial charge in [0.25, 0.3) is 5.19 Å². The Hall–Kier alpha value is -1.59. The zero-order chi connectivity index (χ0) is 12.4. The molecule has 0 saturated heterocycles. The minimum Gasteiger partial charge on any atom is -0.478 e. The number of halogens is 1. The molecular weight excluding hydrogens is 262 g/mol. The van der Waals surface area contributed by atoms with Gasteiger partial charge in [0, 0.05) is 17.1 Å². The molecule has 0 aliphatic rings. The van der Waals surface area contributed by atoms with Crippen molar-refractivity contribution < 1.29 is 14.6 Å². The number of carbonyl (C=O) groups is 1. The van der Waals surface area contributed by atoms with E-state index in [0.29, 0.717) is 16.5 Å². The van der Waals surface area contributed by atoms with Crippen LogP contribution in [0.15, 0.2) is 23.7 Å². The van der Waals surface area contributed by atoms with Gasteiger partial charge in [-0.25, -0.2) is 9.78 Å². The maximum absolute atomic E-state index is 10.9. The molecule has 0 amide bonds. The molecule has 88 valence electrons. The van der Waals surface area contributed by atoms with Gasteiger partial charge in [-0.1, -0.05) is 22.9 Å². The van der Waals surface area contributed by atoms with Crippen LogP contribution in [0.4, 0.5) is 0 Å². The van der Waals surface area contributed by atoms with Gasteiger partial charge in [0.2, 0.25) is 0 Å². The van der Waals surface area contributed by atoms with E-state index in [4.69, 9.17) is 21.4 Å². The fraction of sp³-hybridized carbons (Fsp3) is 0.0909. The van der Waals surface area contributed by atoms with Crippen molar-refractivity contribution in [1.82, 2.24) is 4.98 Å².